The van der Waals surface area contributed by atoms with Gasteiger partial charge in [-0.15, -0.1) is 0 Å². The van der Waals surface area contributed by atoms with Gasteiger partial charge in [-0.05, 0) is 59.7 Å². The van der Waals surface area contributed by atoms with Gasteiger partial charge in [0.15, 0.2) is 0 Å². The van der Waals surface area contributed by atoms with Gasteiger partial charge >= 0.3 is 0 Å². The third kappa shape index (κ3) is 6.18. The molecule has 7 nitrogen and oxygen atoms in total. The van der Waals surface area contributed by atoms with Crippen LogP contribution in [-0.2, 0) is 20.2 Å². The fourth-order valence-electron chi connectivity index (χ4n) is 3.94. The Morgan fingerprint density at radius 3 is 2.06 bits per heavy atom. The molecule has 1 heterocycles. The van der Waals surface area contributed by atoms with E-state index in [2.05, 4.69) is 26.1 Å². The predicted molar refractivity (Wildman–Crippen MR) is 136 cm³/mol. The fourth-order valence-corrected chi connectivity index (χ4v) is 5.36. The largest absolute Gasteiger partial charge is 0.349 e. The molecule has 1 aliphatic carbocycles. The Labute approximate surface area is 207 Å². The second kappa shape index (κ2) is 9.95. The lowest BCUT2D eigenvalue weighted by atomic mass is 9.87. The minimum Gasteiger partial charge on any atom is -0.349 e. The summed E-state index contributed by atoms with van der Waals surface area (Å²) in [5.74, 6) is -0.232. The van der Waals surface area contributed by atoms with Crippen molar-refractivity contribution in [3.8, 4) is 0 Å². The van der Waals surface area contributed by atoms with Gasteiger partial charge in [0.25, 0.3) is 5.91 Å². The number of hydrogen-bond donors (Lipinski definition) is 1. The first-order chi connectivity index (χ1) is 16.5. The molecule has 2 amide bonds. The molecule has 0 atom stereocenters. The number of carbonyl (C=O) groups excluding carboxylic acids is 2. The average Bonchev–Trinajstić information content (AvgIpc) is 3.66. The summed E-state index contributed by atoms with van der Waals surface area (Å²) < 4.78 is 27.5. The molecule has 0 aromatic heterocycles. The van der Waals surface area contributed by atoms with Crippen LogP contribution in [0.4, 0.5) is 0 Å². The monoisotopic (exact) mass is 495 g/mol. The Morgan fingerprint density at radius 1 is 0.914 bits per heavy atom. The van der Waals surface area contributed by atoms with E-state index >= 15 is 0 Å². The molecular formula is C27H33N3O4S. The van der Waals surface area contributed by atoms with Crippen molar-refractivity contribution in [1.29, 1.82) is 0 Å². The predicted octanol–water partition coefficient (Wildman–Crippen LogP) is 3.42. The first-order valence-corrected chi connectivity index (χ1v) is 13.5. The minimum atomic E-state index is -3.60. The summed E-state index contributed by atoms with van der Waals surface area (Å²) in [6, 6.07) is 14.5. The highest BCUT2D eigenvalue weighted by Gasteiger charge is 2.30. The van der Waals surface area contributed by atoms with Gasteiger partial charge in [-0.1, -0.05) is 45.0 Å². The van der Waals surface area contributed by atoms with Gasteiger partial charge in [-0.2, -0.15) is 4.31 Å². The summed E-state index contributed by atoms with van der Waals surface area (Å²) in [7, 11) is -3.60. The van der Waals surface area contributed by atoms with E-state index in [0.29, 0.717) is 24.7 Å². The Bertz CT molecular complexity index is 1200. The van der Waals surface area contributed by atoms with Crippen LogP contribution in [-0.4, -0.2) is 61.7 Å². The van der Waals surface area contributed by atoms with E-state index in [1.54, 1.807) is 47.4 Å². The highest BCUT2D eigenvalue weighted by Crippen LogP contribution is 2.25. The van der Waals surface area contributed by atoms with Gasteiger partial charge in [0.2, 0.25) is 15.9 Å². The van der Waals surface area contributed by atoms with Crippen LogP contribution in [0.1, 0.15) is 55.1 Å². The molecule has 0 radical (unpaired) electrons. The number of hydrogen-bond acceptors (Lipinski definition) is 4. The van der Waals surface area contributed by atoms with Crippen molar-refractivity contribution in [2.45, 2.75) is 50.0 Å². The molecule has 0 bridgehead atoms. The molecule has 1 N–H and O–H groups in total. The molecule has 0 spiro atoms. The van der Waals surface area contributed by atoms with Crippen LogP contribution in [0.25, 0.3) is 6.08 Å². The fraction of sp³-hybridized carbons (Fsp3) is 0.407. The van der Waals surface area contributed by atoms with Crippen molar-refractivity contribution in [2.75, 3.05) is 26.2 Å². The molecule has 1 saturated carbocycles. The van der Waals surface area contributed by atoms with Crippen LogP contribution in [0.15, 0.2) is 59.5 Å². The molecule has 1 saturated heterocycles. The molecule has 186 valence electrons. The summed E-state index contributed by atoms with van der Waals surface area (Å²) in [5, 5.41) is 2.95. The highest BCUT2D eigenvalue weighted by atomic mass is 32.2. The van der Waals surface area contributed by atoms with Gasteiger partial charge in [-0.25, -0.2) is 8.42 Å². The first-order valence-electron chi connectivity index (χ1n) is 12.0. The maximum absolute atomic E-state index is 13.1. The molecule has 2 aromatic carbocycles. The SMILES string of the molecule is CC(C)(C)c1ccc(S(=O)(=O)N2CCN(C(=O)/C=C/c3ccc(C(=O)NC4CC4)cc3)CC2)cc1. The smallest absolute Gasteiger partial charge is 0.251 e. The summed E-state index contributed by atoms with van der Waals surface area (Å²) in [6.07, 6.45) is 5.29. The molecule has 2 aromatic rings. The van der Waals surface area contributed by atoms with E-state index in [1.165, 1.54) is 10.4 Å². The van der Waals surface area contributed by atoms with Crippen molar-refractivity contribution >= 4 is 27.9 Å². The van der Waals surface area contributed by atoms with Crippen LogP contribution >= 0.6 is 0 Å². The maximum atomic E-state index is 13.1. The molecule has 8 heteroatoms. The number of nitrogens with one attached hydrogen (secondary N) is 1. The van der Waals surface area contributed by atoms with E-state index < -0.39 is 10.0 Å². The van der Waals surface area contributed by atoms with Gasteiger partial charge in [0, 0.05) is 43.9 Å². The van der Waals surface area contributed by atoms with Crippen LogP contribution in [0.2, 0.25) is 0 Å². The highest BCUT2D eigenvalue weighted by molar-refractivity contribution is 7.89. The van der Waals surface area contributed by atoms with Crippen LogP contribution < -0.4 is 5.32 Å². The summed E-state index contributed by atoms with van der Waals surface area (Å²) >= 11 is 0. The normalized spacial score (nSPS) is 17.5. The second-order valence-electron chi connectivity index (χ2n) is 10.2. The van der Waals surface area contributed by atoms with Crippen molar-refractivity contribution in [2.24, 2.45) is 0 Å². The first kappa shape index (κ1) is 25.1. The van der Waals surface area contributed by atoms with E-state index in [-0.39, 0.29) is 35.2 Å². The van der Waals surface area contributed by atoms with Gasteiger partial charge in [-0.3, -0.25) is 9.59 Å². The van der Waals surface area contributed by atoms with E-state index in [4.69, 9.17) is 0 Å². The molecule has 35 heavy (non-hydrogen) atoms. The van der Waals surface area contributed by atoms with Crippen molar-refractivity contribution < 1.29 is 18.0 Å². The standard InChI is InChI=1S/C27H33N3O4S/c1-27(2,3)22-9-13-24(14-10-22)35(33,34)30-18-16-29(17-19-30)25(31)15-6-20-4-7-21(8-5-20)26(32)28-23-11-12-23/h4-10,13-15,23H,11-12,16-19H2,1-3H3,(H,28,32)/b15-6+. The lowest BCUT2D eigenvalue weighted by molar-refractivity contribution is -0.127. The number of nitrogens with zero attached hydrogens (tertiary/aromatic N) is 2. The van der Waals surface area contributed by atoms with Gasteiger partial charge in [0.05, 0.1) is 4.90 Å². The van der Waals surface area contributed by atoms with Crippen LogP contribution in [0.5, 0.6) is 0 Å². The van der Waals surface area contributed by atoms with Gasteiger partial charge in [0.1, 0.15) is 0 Å². The molecule has 2 aliphatic rings. The van der Waals surface area contributed by atoms with E-state index in [1.807, 2.05) is 12.1 Å². The topological polar surface area (TPSA) is 86.8 Å². The van der Waals surface area contributed by atoms with Crippen LogP contribution in [0, 0.1) is 0 Å². The third-order valence-electron chi connectivity index (χ3n) is 6.41. The molecule has 4 rings (SSSR count). The molecule has 0 unspecified atom stereocenters. The quantitative estimate of drug-likeness (QED) is 0.622. The van der Waals surface area contributed by atoms with Crippen molar-refractivity contribution in [3.63, 3.8) is 0 Å². The van der Waals surface area contributed by atoms with E-state index in [9.17, 15) is 18.0 Å². The lowest BCUT2D eigenvalue weighted by Crippen LogP contribution is -2.50. The molecule has 2 fully saturated rings. The number of carbonyl (C=O) groups is 2. The molecule has 1 aliphatic heterocycles. The second-order valence-corrected chi connectivity index (χ2v) is 12.1. The maximum Gasteiger partial charge on any atom is 0.251 e. The zero-order valence-electron chi connectivity index (χ0n) is 20.5. The summed E-state index contributed by atoms with van der Waals surface area (Å²) in [4.78, 5) is 26.7. The Balaban J connectivity index is 1.31. The number of piperazine rings is 1. The van der Waals surface area contributed by atoms with Crippen molar-refractivity contribution in [3.05, 3.63) is 71.3 Å². The summed E-state index contributed by atoms with van der Waals surface area (Å²) in [6.45, 7) is 7.45. The molecular weight excluding hydrogens is 462 g/mol. The minimum absolute atomic E-state index is 0.0471. The Hall–Kier alpha value is -2.97. The number of benzene rings is 2. The van der Waals surface area contributed by atoms with Crippen LogP contribution in [0.3, 0.4) is 0 Å². The van der Waals surface area contributed by atoms with Crippen molar-refractivity contribution in [1.82, 2.24) is 14.5 Å². The number of rotatable bonds is 6. The zero-order valence-corrected chi connectivity index (χ0v) is 21.3. The summed E-state index contributed by atoms with van der Waals surface area (Å²) in [5.41, 5.74) is 2.45. The zero-order chi connectivity index (χ0) is 25.2. The number of amides is 2. The third-order valence-corrected chi connectivity index (χ3v) is 8.33. The lowest BCUT2D eigenvalue weighted by Gasteiger charge is -2.33. The van der Waals surface area contributed by atoms with E-state index in [0.717, 1.165) is 24.0 Å². The average molecular weight is 496 g/mol. The van der Waals surface area contributed by atoms with Gasteiger partial charge < -0.3 is 10.2 Å². The Kier molecular flexibility index (Phi) is 7.15. The Morgan fingerprint density at radius 2 is 1.51 bits per heavy atom. The number of sulfonamides is 1.